The van der Waals surface area contributed by atoms with Crippen molar-refractivity contribution in [2.45, 2.75) is 25.8 Å². The van der Waals surface area contributed by atoms with Crippen molar-refractivity contribution in [2.75, 3.05) is 25.0 Å². The Balaban J connectivity index is 1.91. The van der Waals surface area contributed by atoms with Gasteiger partial charge in [-0.2, -0.15) is 0 Å². The second kappa shape index (κ2) is 7.59. The predicted molar refractivity (Wildman–Crippen MR) is 89.3 cm³/mol. The highest BCUT2D eigenvalue weighted by Gasteiger charge is 2.18. The van der Waals surface area contributed by atoms with Gasteiger partial charge in [-0.15, -0.1) is 0 Å². The van der Waals surface area contributed by atoms with E-state index in [0.717, 1.165) is 37.2 Å². The Kier molecular flexibility index (Phi) is 5.52. The highest BCUT2D eigenvalue weighted by atomic mass is 16.1. The molecule has 0 saturated carbocycles. The first kappa shape index (κ1) is 16.0. The SMILES string of the molecule is CNC(=O)c1ccc(N2CCC(N=C/C(C)=C\N)CC2)cn1. The molecule has 2 heterocycles. The summed E-state index contributed by atoms with van der Waals surface area (Å²) in [5, 5.41) is 2.57. The fourth-order valence-electron chi connectivity index (χ4n) is 2.37. The van der Waals surface area contributed by atoms with E-state index in [1.54, 1.807) is 25.5 Å². The zero-order valence-corrected chi connectivity index (χ0v) is 13.1. The number of aliphatic imine (C=N–C) groups is 1. The van der Waals surface area contributed by atoms with Crippen molar-refractivity contribution in [2.24, 2.45) is 10.7 Å². The summed E-state index contributed by atoms with van der Waals surface area (Å²) in [6.45, 7) is 3.82. The van der Waals surface area contributed by atoms with Gasteiger partial charge in [0, 0.05) is 26.4 Å². The molecule has 3 N–H and O–H groups in total. The van der Waals surface area contributed by atoms with Crippen molar-refractivity contribution in [1.82, 2.24) is 10.3 Å². The summed E-state index contributed by atoms with van der Waals surface area (Å²) in [7, 11) is 1.60. The van der Waals surface area contributed by atoms with Gasteiger partial charge < -0.3 is 16.0 Å². The number of rotatable bonds is 4. The van der Waals surface area contributed by atoms with Crippen LogP contribution in [0.15, 0.2) is 35.1 Å². The molecule has 0 bridgehead atoms. The molecule has 0 aliphatic carbocycles. The molecule has 6 heteroatoms. The summed E-state index contributed by atoms with van der Waals surface area (Å²) >= 11 is 0. The van der Waals surface area contributed by atoms with E-state index in [1.807, 2.05) is 19.2 Å². The monoisotopic (exact) mass is 301 g/mol. The minimum atomic E-state index is -0.164. The van der Waals surface area contributed by atoms with E-state index < -0.39 is 0 Å². The molecule has 22 heavy (non-hydrogen) atoms. The molecule has 1 aliphatic rings. The fraction of sp³-hybridized carbons (Fsp3) is 0.438. The van der Waals surface area contributed by atoms with Gasteiger partial charge in [-0.05, 0) is 43.7 Å². The third kappa shape index (κ3) is 4.07. The van der Waals surface area contributed by atoms with Crippen molar-refractivity contribution in [3.8, 4) is 0 Å². The van der Waals surface area contributed by atoms with E-state index in [4.69, 9.17) is 5.73 Å². The van der Waals surface area contributed by atoms with Crippen LogP contribution in [0.5, 0.6) is 0 Å². The van der Waals surface area contributed by atoms with E-state index in [9.17, 15) is 4.79 Å². The summed E-state index contributed by atoms with van der Waals surface area (Å²) in [6.07, 6.45) is 7.19. The van der Waals surface area contributed by atoms with Crippen molar-refractivity contribution in [1.29, 1.82) is 0 Å². The maximum atomic E-state index is 11.5. The minimum absolute atomic E-state index is 0.164. The lowest BCUT2D eigenvalue weighted by Gasteiger charge is -2.31. The van der Waals surface area contributed by atoms with Gasteiger partial charge in [-0.3, -0.25) is 9.79 Å². The van der Waals surface area contributed by atoms with Crippen molar-refractivity contribution in [3.63, 3.8) is 0 Å². The van der Waals surface area contributed by atoms with Crippen LogP contribution in [-0.4, -0.2) is 43.3 Å². The first-order valence-corrected chi connectivity index (χ1v) is 7.48. The number of carbonyl (C=O) groups excluding carboxylic acids is 1. The maximum Gasteiger partial charge on any atom is 0.269 e. The van der Waals surface area contributed by atoms with E-state index in [-0.39, 0.29) is 5.91 Å². The van der Waals surface area contributed by atoms with Crippen LogP contribution in [0.1, 0.15) is 30.3 Å². The first-order chi connectivity index (χ1) is 10.6. The summed E-state index contributed by atoms with van der Waals surface area (Å²) in [5.74, 6) is -0.164. The number of piperidine rings is 1. The third-order valence-corrected chi connectivity index (χ3v) is 3.79. The second-order valence-electron chi connectivity index (χ2n) is 5.39. The normalized spacial score (nSPS) is 17.0. The molecule has 1 amide bonds. The lowest BCUT2D eigenvalue weighted by Crippen LogP contribution is -2.35. The molecular weight excluding hydrogens is 278 g/mol. The Morgan fingerprint density at radius 2 is 2.18 bits per heavy atom. The fourth-order valence-corrected chi connectivity index (χ4v) is 2.37. The van der Waals surface area contributed by atoms with Gasteiger partial charge in [0.15, 0.2) is 0 Å². The van der Waals surface area contributed by atoms with Gasteiger partial charge in [-0.25, -0.2) is 4.98 Å². The zero-order valence-electron chi connectivity index (χ0n) is 13.1. The van der Waals surface area contributed by atoms with Crippen LogP contribution in [0.4, 0.5) is 5.69 Å². The van der Waals surface area contributed by atoms with Gasteiger partial charge in [0.05, 0.1) is 17.9 Å². The average Bonchev–Trinajstić information content (AvgIpc) is 2.59. The quantitative estimate of drug-likeness (QED) is 0.822. The molecule has 118 valence electrons. The molecule has 0 unspecified atom stereocenters. The maximum absolute atomic E-state index is 11.5. The van der Waals surface area contributed by atoms with Crippen molar-refractivity contribution < 1.29 is 4.79 Å². The molecule has 1 fully saturated rings. The van der Waals surface area contributed by atoms with Gasteiger partial charge in [0.25, 0.3) is 5.91 Å². The Morgan fingerprint density at radius 3 is 2.73 bits per heavy atom. The summed E-state index contributed by atoms with van der Waals surface area (Å²) in [6, 6.07) is 4.06. The molecule has 0 radical (unpaired) electrons. The second-order valence-corrected chi connectivity index (χ2v) is 5.39. The molecule has 0 atom stereocenters. The highest BCUT2D eigenvalue weighted by molar-refractivity contribution is 5.92. The van der Waals surface area contributed by atoms with Gasteiger partial charge in [0.2, 0.25) is 0 Å². The smallest absolute Gasteiger partial charge is 0.269 e. The van der Waals surface area contributed by atoms with E-state index in [0.29, 0.717) is 11.7 Å². The van der Waals surface area contributed by atoms with Crippen LogP contribution in [-0.2, 0) is 0 Å². The number of allylic oxidation sites excluding steroid dienone is 1. The standard InChI is InChI=1S/C16H23N5O/c1-12(9-17)10-19-13-5-7-21(8-6-13)14-3-4-15(20-11-14)16(22)18-2/h3-4,9-11,13H,5-8,17H2,1-2H3,(H,18,22)/b12-9-,19-10?. The van der Waals surface area contributed by atoms with Crippen LogP contribution in [0, 0.1) is 0 Å². The van der Waals surface area contributed by atoms with Gasteiger partial charge in [0.1, 0.15) is 5.69 Å². The summed E-state index contributed by atoms with van der Waals surface area (Å²) in [4.78, 5) is 22.5. The zero-order chi connectivity index (χ0) is 15.9. The lowest BCUT2D eigenvalue weighted by atomic mass is 10.1. The van der Waals surface area contributed by atoms with Crippen molar-refractivity contribution >= 4 is 17.8 Å². The Labute approximate surface area is 131 Å². The number of pyridine rings is 1. The molecule has 2 rings (SSSR count). The van der Waals surface area contributed by atoms with Crippen molar-refractivity contribution in [3.05, 3.63) is 35.8 Å². The average molecular weight is 301 g/mol. The van der Waals surface area contributed by atoms with Crippen LogP contribution < -0.4 is 16.0 Å². The van der Waals surface area contributed by atoms with Crippen LogP contribution in [0.25, 0.3) is 0 Å². The largest absolute Gasteiger partial charge is 0.404 e. The van der Waals surface area contributed by atoms with Gasteiger partial charge >= 0.3 is 0 Å². The number of nitrogens with two attached hydrogens (primary N) is 1. The molecule has 0 aromatic carbocycles. The molecule has 1 saturated heterocycles. The highest BCUT2D eigenvalue weighted by Crippen LogP contribution is 2.20. The number of nitrogens with zero attached hydrogens (tertiary/aromatic N) is 3. The number of hydrogen-bond acceptors (Lipinski definition) is 5. The van der Waals surface area contributed by atoms with Crippen LogP contribution in [0.3, 0.4) is 0 Å². The molecule has 0 spiro atoms. The van der Waals surface area contributed by atoms with Gasteiger partial charge in [-0.1, -0.05) is 0 Å². The Morgan fingerprint density at radius 1 is 1.45 bits per heavy atom. The number of hydrogen-bond donors (Lipinski definition) is 2. The van der Waals surface area contributed by atoms with E-state index in [1.165, 1.54) is 0 Å². The number of carbonyl (C=O) groups is 1. The lowest BCUT2D eigenvalue weighted by molar-refractivity contribution is 0.0958. The van der Waals surface area contributed by atoms with Crippen LogP contribution >= 0.6 is 0 Å². The van der Waals surface area contributed by atoms with E-state index in [2.05, 4.69) is 20.2 Å². The molecule has 1 aliphatic heterocycles. The Bertz CT molecular complexity index is 556. The van der Waals surface area contributed by atoms with E-state index >= 15 is 0 Å². The minimum Gasteiger partial charge on any atom is -0.404 e. The molecule has 1 aromatic rings. The molecular formula is C16H23N5O. The summed E-state index contributed by atoms with van der Waals surface area (Å²) in [5.41, 5.74) is 7.90. The molecule has 6 nitrogen and oxygen atoms in total. The predicted octanol–water partition coefficient (Wildman–Crippen LogP) is 1.34. The Hall–Kier alpha value is -2.37. The number of nitrogens with one attached hydrogen (secondary N) is 1. The van der Waals surface area contributed by atoms with Crippen LogP contribution in [0.2, 0.25) is 0 Å². The number of anilines is 1. The molecule has 1 aromatic heterocycles. The first-order valence-electron chi connectivity index (χ1n) is 7.48. The summed E-state index contributed by atoms with van der Waals surface area (Å²) < 4.78 is 0. The third-order valence-electron chi connectivity index (χ3n) is 3.79. The number of aromatic nitrogens is 1. The number of amides is 1. The topological polar surface area (TPSA) is 83.6 Å².